The molecule has 0 atom stereocenters. The van der Waals surface area contributed by atoms with E-state index >= 15 is 0 Å². The summed E-state index contributed by atoms with van der Waals surface area (Å²) in [5.74, 6) is -0.292. The van der Waals surface area contributed by atoms with Gasteiger partial charge in [0, 0.05) is 18.7 Å². The molecule has 1 fully saturated rings. The highest BCUT2D eigenvalue weighted by atomic mass is 19.1. The summed E-state index contributed by atoms with van der Waals surface area (Å²) >= 11 is 0. The summed E-state index contributed by atoms with van der Waals surface area (Å²) in [6, 6.07) is 4.71. The van der Waals surface area contributed by atoms with Crippen LogP contribution in [0.3, 0.4) is 0 Å². The molecule has 1 aliphatic rings. The van der Waals surface area contributed by atoms with Crippen LogP contribution in [-0.4, -0.2) is 19.4 Å². The van der Waals surface area contributed by atoms with Gasteiger partial charge in [-0.15, -0.1) is 0 Å². The van der Waals surface area contributed by atoms with Crippen molar-refractivity contribution in [2.24, 2.45) is 5.41 Å². The molecule has 0 radical (unpaired) electrons. The Balaban J connectivity index is 2.12. The maximum absolute atomic E-state index is 13.9. The van der Waals surface area contributed by atoms with Gasteiger partial charge in [-0.05, 0) is 36.5 Å². The van der Waals surface area contributed by atoms with Gasteiger partial charge in [-0.2, -0.15) is 0 Å². The number of nitrogens with zero attached hydrogens (tertiary/aromatic N) is 1. The first-order valence-corrected chi connectivity index (χ1v) is 6.58. The molecule has 0 amide bonds. The molecule has 2 rings (SSSR count). The van der Waals surface area contributed by atoms with E-state index in [-0.39, 0.29) is 5.82 Å². The molecule has 98 valence electrons. The summed E-state index contributed by atoms with van der Waals surface area (Å²) in [7, 11) is 0. The van der Waals surface area contributed by atoms with E-state index in [0.29, 0.717) is 23.0 Å². The Kier molecular flexibility index (Phi) is 3.69. The molecule has 0 N–H and O–H groups in total. The van der Waals surface area contributed by atoms with E-state index in [9.17, 15) is 9.18 Å². The first-order chi connectivity index (χ1) is 8.58. The summed E-state index contributed by atoms with van der Waals surface area (Å²) in [4.78, 5) is 12.7. The highest BCUT2D eigenvalue weighted by Crippen LogP contribution is 2.36. The van der Waals surface area contributed by atoms with Crippen LogP contribution in [-0.2, 0) is 0 Å². The van der Waals surface area contributed by atoms with Crippen LogP contribution in [0, 0.1) is 11.2 Å². The Morgan fingerprint density at radius 1 is 1.39 bits per heavy atom. The molecular formula is C15H20FNO. The quantitative estimate of drug-likeness (QED) is 0.762. The number of hydrogen-bond acceptors (Lipinski definition) is 2. The maximum Gasteiger partial charge on any atom is 0.150 e. The van der Waals surface area contributed by atoms with Crippen LogP contribution in [0.4, 0.5) is 10.1 Å². The minimum atomic E-state index is -0.292. The van der Waals surface area contributed by atoms with Gasteiger partial charge in [0.15, 0.2) is 0 Å². The van der Waals surface area contributed by atoms with E-state index in [4.69, 9.17) is 0 Å². The lowest BCUT2D eigenvalue weighted by Crippen LogP contribution is -2.38. The van der Waals surface area contributed by atoms with Gasteiger partial charge in [0.25, 0.3) is 0 Å². The van der Waals surface area contributed by atoms with E-state index in [1.807, 2.05) is 0 Å². The lowest BCUT2D eigenvalue weighted by atomic mass is 9.78. The standard InChI is InChI=1S/C15H20FNO/c1-3-15(2)6-8-17(9-7-15)14-5-4-12(11-18)10-13(14)16/h4-5,10-11H,3,6-9H2,1-2H3. The molecule has 18 heavy (non-hydrogen) atoms. The fourth-order valence-corrected chi connectivity index (χ4v) is 2.49. The van der Waals surface area contributed by atoms with Crippen LogP contribution in [0.2, 0.25) is 0 Å². The smallest absolute Gasteiger partial charge is 0.150 e. The van der Waals surface area contributed by atoms with Crippen LogP contribution in [0.15, 0.2) is 18.2 Å². The van der Waals surface area contributed by atoms with E-state index in [1.54, 1.807) is 12.1 Å². The topological polar surface area (TPSA) is 20.3 Å². The van der Waals surface area contributed by atoms with Crippen LogP contribution in [0.25, 0.3) is 0 Å². The Labute approximate surface area is 108 Å². The normalized spacial score (nSPS) is 18.7. The van der Waals surface area contributed by atoms with Crippen LogP contribution in [0.5, 0.6) is 0 Å². The molecule has 3 heteroatoms. The molecule has 1 heterocycles. The van der Waals surface area contributed by atoms with Crippen LogP contribution in [0.1, 0.15) is 43.5 Å². The molecule has 1 saturated heterocycles. The third kappa shape index (κ3) is 2.55. The van der Waals surface area contributed by atoms with Crippen molar-refractivity contribution in [1.29, 1.82) is 0 Å². The second-order valence-electron chi connectivity index (χ2n) is 5.48. The van der Waals surface area contributed by atoms with E-state index in [0.717, 1.165) is 25.9 Å². The van der Waals surface area contributed by atoms with Gasteiger partial charge >= 0.3 is 0 Å². The molecule has 0 aliphatic carbocycles. The Bertz CT molecular complexity index is 436. The zero-order chi connectivity index (χ0) is 13.2. The Hall–Kier alpha value is -1.38. The summed E-state index contributed by atoms with van der Waals surface area (Å²) < 4.78 is 13.9. The lowest BCUT2D eigenvalue weighted by Gasteiger charge is -2.40. The number of piperidine rings is 1. The largest absolute Gasteiger partial charge is 0.369 e. The fraction of sp³-hybridized carbons (Fsp3) is 0.533. The average Bonchev–Trinajstić information content (AvgIpc) is 2.40. The number of anilines is 1. The van der Waals surface area contributed by atoms with Crippen molar-refractivity contribution in [3.05, 3.63) is 29.6 Å². The number of benzene rings is 1. The van der Waals surface area contributed by atoms with Gasteiger partial charge in [0.2, 0.25) is 0 Å². The number of rotatable bonds is 3. The number of aldehydes is 1. The molecule has 0 bridgehead atoms. The SMILES string of the molecule is CCC1(C)CCN(c2ccc(C=O)cc2F)CC1. The first kappa shape index (κ1) is 13.1. The first-order valence-electron chi connectivity index (χ1n) is 6.58. The summed E-state index contributed by atoms with van der Waals surface area (Å²) in [5, 5.41) is 0. The van der Waals surface area contributed by atoms with Gasteiger partial charge in [0.05, 0.1) is 5.69 Å². The zero-order valence-corrected chi connectivity index (χ0v) is 11.1. The Morgan fingerprint density at radius 3 is 2.56 bits per heavy atom. The third-order valence-electron chi connectivity index (χ3n) is 4.27. The van der Waals surface area contributed by atoms with E-state index < -0.39 is 0 Å². The van der Waals surface area contributed by atoms with Gasteiger partial charge in [0.1, 0.15) is 12.1 Å². The molecule has 0 aromatic heterocycles. The molecule has 2 nitrogen and oxygen atoms in total. The van der Waals surface area contributed by atoms with Gasteiger partial charge in [-0.25, -0.2) is 4.39 Å². The highest BCUT2D eigenvalue weighted by Gasteiger charge is 2.29. The van der Waals surface area contributed by atoms with E-state index in [2.05, 4.69) is 18.7 Å². The molecule has 1 aromatic carbocycles. The Morgan fingerprint density at radius 2 is 2.06 bits per heavy atom. The van der Waals surface area contributed by atoms with Crippen molar-refractivity contribution in [3.63, 3.8) is 0 Å². The number of halogens is 1. The van der Waals surface area contributed by atoms with Crippen molar-refractivity contribution < 1.29 is 9.18 Å². The predicted molar refractivity (Wildman–Crippen MR) is 71.6 cm³/mol. The van der Waals surface area contributed by atoms with Crippen molar-refractivity contribution in [1.82, 2.24) is 0 Å². The molecule has 1 aliphatic heterocycles. The third-order valence-corrected chi connectivity index (χ3v) is 4.27. The fourth-order valence-electron chi connectivity index (χ4n) is 2.49. The number of carbonyl (C=O) groups excluding carboxylic acids is 1. The van der Waals surface area contributed by atoms with E-state index in [1.165, 1.54) is 12.5 Å². The summed E-state index contributed by atoms with van der Waals surface area (Å²) in [6.07, 6.45) is 4.04. The van der Waals surface area contributed by atoms with Crippen molar-refractivity contribution in [2.75, 3.05) is 18.0 Å². The van der Waals surface area contributed by atoms with Gasteiger partial charge in [-0.3, -0.25) is 4.79 Å². The molecule has 0 spiro atoms. The van der Waals surface area contributed by atoms with Gasteiger partial charge in [-0.1, -0.05) is 20.3 Å². The maximum atomic E-state index is 13.9. The molecule has 1 aromatic rings. The zero-order valence-electron chi connectivity index (χ0n) is 11.1. The minimum absolute atomic E-state index is 0.292. The second kappa shape index (κ2) is 5.09. The summed E-state index contributed by atoms with van der Waals surface area (Å²) in [5.41, 5.74) is 1.42. The van der Waals surface area contributed by atoms with Crippen LogP contribution < -0.4 is 4.90 Å². The summed E-state index contributed by atoms with van der Waals surface area (Å²) in [6.45, 7) is 6.30. The monoisotopic (exact) mass is 249 g/mol. The molecule has 0 unspecified atom stereocenters. The molecule has 0 saturated carbocycles. The van der Waals surface area contributed by atoms with Crippen molar-refractivity contribution in [2.45, 2.75) is 33.1 Å². The lowest BCUT2D eigenvalue weighted by molar-refractivity contribution is 0.112. The number of hydrogen-bond donors (Lipinski definition) is 0. The minimum Gasteiger partial charge on any atom is -0.369 e. The average molecular weight is 249 g/mol. The van der Waals surface area contributed by atoms with Crippen molar-refractivity contribution >= 4 is 12.0 Å². The van der Waals surface area contributed by atoms with Gasteiger partial charge < -0.3 is 4.90 Å². The van der Waals surface area contributed by atoms with Crippen molar-refractivity contribution in [3.8, 4) is 0 Å². The second-order valence-corrected chi connectivity index (χ2v) is 5.48. The highest BCUT2D eigenvalue weighted by molar-refractivity contribution is 5.76. The molecular weight excluding hydrogens is 229 g/mol. The van der Waals surface area contributed by atoms with Crippen LogP contribution >= 0.6 is 0 Å². The predicted octanol–water partition coefficient (Wildman–Crippen LogP) is 3.65. The number of carbonyl (C=O) groups is 1.